The SMILES string of the molecule is O=C(CCNc1cccc(Br)c1)NC1CC1. The summed E-state index contributed by atoms with van der Waals surface area (Å²) < 4.78 is 1.04. The van der Waals surface area contributed by atoms with E-state index in [1.165, 1.54) is 0 Å². The predicted molar refractivity (Wildman–Crippen MR) is 68.4 cm³/mol. The van der Waals surface area contributed by atoms with Crippen molar-refractivity contribution in [2.24, 2.45) is 0 Å². The van der Waals surface area contributed by atoms with E-state index in [4.69, 9.17) is 0 Å². The van der Waals surface area contributed by atoms with Crippen molar-refractivity contribution in [1.29, 1.82) is 0 Å². The molecule has 1 aliphatic carbocycles. The molecule has 1 amide bonds. The molecule has 0 heterocycles. The molecule has 0 aliphatic heterocycles. The Bertz CT molecular complexity index is 377. The maximum atomic E-state index is 11.4. The Morgan fingerprint density at radius 2 is 2.25 bits per heavy atom. The van der Waals surface area contributed by atoms with Crippen molar-refractivity contribution in [1.82, 2.24) is 5.32 Å². The minimum absolute atomic E-state index is 0.144. The third-order valence-corrected chi connectivity index (χ3v) is 2.94. The van der Waals surface area contributed by atoms with Crippen LogP contribution in [0.2, 0.25) is 0 Å². The van der Waals surface area contributed by atoms with Crippen LogP contribution < -0.4 is 10.6 Å². The molecule has 1 aliphatic rings. The molecule has 1 aromatic rings. The number of hydrogen-bond donors (Lipinski definition) is 2. The summed E-state index contributed by atoms with van der Waals surface area (Å²) in [5, 5.41) is 6.18. The fraction of sp³-hybridized carbons (Fsp3) is 0.417. The molecule has 1 fully saturated rings. The Kier molecular flexibility index (Phi) is 3.83. The number of carbonyl (C=O) groups excluding carboxylic acids is 1. The second-order valence-electron chi connectivity index (χ2n) is 4.03. The van der Waals surface area contributed by atoms with Gasteiger partial charge < -0.3 is 10.6 Å². The van der Waals surface area contributed by atoms with E-state index in [0.717, 1.165) is 23.0 Å². The van der Waals surface area contributed by atoms with Crippen LogP contribution in [-0.2, 0) is 4.79 Å². The van der Waals surface area contributed by atoms with Crippen molar-refractivity contribution < 1.29 is 4.79 Å². The van der Waals surface area contributed by atoms with E-state index in [-0.39, 0.29) is 5.91 Å². The van der Waals surface area contributed by atoms with Gasteiger partial charge in [0.05, 0.1) is 0 Å². The zero-order valence-corrected chi connectivity index (χ0v) is 10.6. The van der Waals surface area contributed by atoms with E-state index in [9.17, 15) is 4.79 Å². The topological polar surface area (TPSA) is 41.1 Å². The van der Waals surface area contributed by atoms with Crippen molar-refractivity contribution in [3.05, 3.63) is 28.7 Å². The molecule has 2 N–H and O–H groups in total. The molecule has 0 bridgehead atoms. The van der Waals surface area contributed by atoms with Crippen LogP contribution in [0, 0.1) is 0 Å². The van der Waals surface area contributed by atoms with Crippen LogP contribution in [0.25, 0.3) is 0 Å². The van der Waals surface area contributed by atoms with E-state index < -0.39 is 0 Å². The summed E-state index contributed by atoms with van der Waals surface area (Å²) in [6, 6.07) is 8.39. The molecule has 0 spiro atoms. The van der Waals surface area contributed by atoms with Crippen LogP contribution in [0.5, 0.6) is 0 Å². The van der Waals surface area contributed by atoms with Gasteiger partial charge in [-0.1, -0.05) is 22.0 Å². The molecule has 0 atom stereocenters. The van der Waals surface area contributed by atoms with Crippen molar-refractivity contribution in [2.45, 2.75) is 25.3 Å². The number of rotatable bonds is 5. The van der Waals surface area contributed by atoms with Gasteiger partial charge in [-0.05, 0) is 31.0 Å². The van der Waals surface area contributed by atoms with Crippen LogP contribution >= 0.6 is 15.9 Å². The average Bonchev–Trinajstić information content (AvgIpc) is 3.02. The number of hydrogen-bond acceptors (Lipinski definition) is 2. The van der Waals surface area contributed by atoms with E-state index in [1.807, 2.05) is 24.3 Å². The summed E-state index contributed by atoms with van der Waals surface area (Å²) in [6.45, 7) is 0.676. The molecular formula is C12H15BrN2O. The number of amides is 1. The number of anilines is 1. The highest BCUT2D eigenvalue weighted by atomic mass is 79.9. The van der Waals surface area contributed by atoms with Gasteiger partial charge in [0.15, 0.2) is 0 Å². The normalized spacial score (nSPS) is 14.6. The maximum Gasteiger partial charge on any atom is 0.221 e. The zero-order chi connectivity index (χ0) is 11.4. The summed E-state index contributed by atoms with van der Waals surface area (Å²) in [5.41, 5.74) is 1.04. The fourth-order valence-corrected chi connectivity index (χ4v) is 1.85. The Morgan fingerprint density at radius 3 is 2.94 bits per heavy atom. The third-order valence-electron chi connectivity index (χ3n) is 2.45. The number of halogens is 1. The van der Waals surface area contributed by atoms with Gasteiger partial charge in [-0.25, -0.2) is 0 Å². The van der Waals surface area contributed by atoms with Gasteiger partial charge in [0, 0.05) is 29.2 Å². The van der Waals surface area contributed by atoms with Gasteiger partial charge in [-0.3, -0.25) is 4.79 Å². The molecule has 0 unspecified atom stereocenters. The fourth-order valence-electron chi connectivity index (χ4n) is 1.45. The maximum absolute atomic E-state index is 11.4. The smallest absolute Gasteiger partial charge is 0.221 e. The van der Waals surface area contributed by atoms with Crippen LogP contribution in [-0.4, -0.2) is 18.5 Å². The molecule has 0 radical (unpaired) electrons. The zero-order valence-electron chi connectivity index (χ0n) is 9.00. The monoisotopic (exact) mass is 282 g/mol. The molecule has 3 nitrogen and oxygen atoms in total. The first kappa shape index (κ1) is 11.5. The van der Waals surface area contributed by atoms with Gasteiger partial charge >= 0.3 is 0 Å². The number of benzene rings is 1. The van der Waals surface area contributed by atoms with E-state index >= 15 is 0 Å². The van der Waals surface area contributed by atoms with E-state index in [0.29, 0.717) is 19.0 Å². The summed E-state index contributed by atoms with van der Waals surface area (Å²) in [4.78, 5) is 11.4. The Hall–Kier alpha value is -1.03. The van der Waals surface area contributed by atoms with Gasteiger partial charge in [0.2, 0.25) is 5.91 Å². The van der Waals surface area contributed by atoms with Gasteiger partial charge in [0.25, 0.3) is 0 Å². The summed E-state index contributed by atoms with van der Waals surface area (Å²) in [5.74, 6) is 0.144. The van der Waals surface area contributed by atoms with Crippen LogP contribution in [0.1, 0.15) is 19.3 Å². The van der Waals surface area contributed by atoms with Gasteiger partial charge in [-0.15, -0.1) is 0 Å². The first-order chi connectivity index (χ1) is 7.74. The quantitative estimate of drug-likeness (QED) is 0.872. The molecule has 86 valence electrons. The van der Waals surface area contributed by atoms with Crippen molar-refractivity contribution in [3.8, 4) is 0 Å². The second kappa shape index (κ2) is 5.34. The van der Waals surface area contributed by atoms with Crippen LogP contribution in [0.15, 0.2) is 28.7 Å². The molecule has 2 rings (SSSR count). The Balaban J connectivity index is 1.68. The Morgan fingerprint density at radius 1 is 1.44 bits per heavy atom. The Labute approximate surface area is 104 Å². The van der Waals surface area contributed by atoms with Gasteiger partial charge in [-0.2, -0.15) is 0 Å². The summed E-state index contributed by atoms with van der Waals surface area (Å²) in [7, 11) is 0. The summed E-state index contributed by atoms with van der Waals surface area (Å²) in [6.07, 6.45) is 2.82. The van der Waals surface area contributed by atoms with Crippen LogP contribution in [0.3, 0.4) is 0 Å². The molecular weight excluding hydrogens is 268 g/mol. The van der Waals surface area contributed by atoms with E-state index in [1.54, 1.807) is 0 Å². The molecule has 1 aromatic carbocycles. The van der Waals surface area contributed by atoms with Crippen molar-refractivity contribution in [2.75, 3.05) is 11.9 Å². The highest BCUT2D eigenvalue weighted by molar-refractivity contribution is 9.10. The predicted octanol–water partition coefficient (Wildman–Crippen LogP) is 2.53. The highest BCUT2D eigenvalue weighted by Gasteiger charge is 2.22. The molecule has 1 saturated carbocycles. The first-order valence-electron chi connectivity index (χ1n) is 5.53. The van der Waals surface area contributed by atoms with Crippen LogP contribution in [0.4, 0.5) is 5.69 Å². The highest BCUT2D eigenvalue weighted by Crippen LogP contribution is 2.18. The minimum atomic E-state index is 0.144. The lowest BCUT2D eigenvalue weighted by Crippen LogP contribution is -2.27. The lowest BCUT2D eigenvalue weighted by atomic mass is 10.3. The average molecular weight is 283 g/mol. The standard InChI is InChI=1S/C12H15BrN2O/c13-9-2-1-3-11(8-9)14-7-6-12(16)15-10-4-5-10/h1-3,8,10,14H,4-7H2,(H,15,16). The van der Waals surface area contributed by atoms with E-state index in [2.05, 4.69) is 26.6 Å². The lowest BCUT2D eigenvalue weighted by Gasteiger charge is -2.06. The molecule has 4 heteroatoms. The number of nitrogens with one attached hydrogen (secondary N) is 2. The lowest BCUT2D eigenvalue weighted by molar-refractivity contribution is -0.120. The molecule has 16 heavy (non-hydrogen) atoms. The van der Waals surface area contributed by atoms with Crippen molar-refractivity contribution in [3.63, 3.8) is 0 Å². The molecule has 0 aromatic heterocycles. The summed E-state index contributed by atoms with van der Waals surface area (Å²) >= 11 is 3.40. The van der Waals surface area contributed by atoms with Gasteiger partial charge in [0.1, 0.15) is 0 Å². The first-order valence-corrected chi connectivity index (χ1v) is 6.32. The number of carbonyl (C=O) groups is 1. The largest absolute Gasteiger partial charge is 0.384 e. The third kappa shape index (κ3) is 3.85. The molecule has 0 saturated heterocycles. The minimum Gasteiger partial charge on any atom is -0.384 e. The van der Waals surface area contributed by atoms with Crippen molar-refractivity contribution >= 4 is 27.5 Å². The second-order valence-corrected chi connectivity index (χ2v) is 4.94.